The molecule has 1 heterocycles. The molecule has 2 amide bonds. The van der Waals surface area contributed by atoms with Gasteiger partial charge in [-0.2, -0.15) is 11.8 Å². The van der Waals surface area contributed by atoms with Crippen molar-refractivity contribution in [3.63, 3.8) is 0 Å². The Hall–Kier alpha value is -0.420. The van der Waals surface area contributed by atoms with Crippen molar-refractivity contribution in [2.45, 2.75) is 12.1 Å². The molecule has 0 bridgehead atoms. The third-order valence-electron chi connectivity index (χ3n) is 1.38. The first-order valence-electron chi connectivity index (χ1n) is 3.02. The number of amides is 2. The molecule has 2 atom stereocenters. The number of hydrogen-bond donors (Lipinski definition) is 3. The van der Waals surface area contributed by atoms with Crippen LogP contribution in [0.4, 0.5) is 4.79 Å². The van der Waals surface area contributed by atoms with E-state index < -0.39 is 12.1 Å². The number of carbonyl (C=O) groups excluding carboxylic acids is 1. The van der Waals surface area contributed by atoms with Crippen molar-refractivity contribution in [3.05, 3.63) is 0 Å². The number of thioether (sulfide) groups is 1. The van der Waals surface area contributed by atoms with E-state index in [0.29, 0.717) is 5.75 Å². The van der Waals surface area contributed by atoms with E-state index in [4.69, 9.17) is 10.8 Å². The Morgan fingerprint density at radius 2 is 2.40 bits per heavy atom. The smallest absolute Gasteiger partial charge is 0.312 e. The molecule has 1 aliphatic heterocycles. The standard InChI is InChI=1S/C5H10N2O2S/c6-5(9)7-3-1-10-2-4(3)8/h3-4,8H,1-2H2,(H3,6,7,9)/t3-,4+/m1/s1. The fourth-order valence-electron chi connectivity index (χ4n) is 0.864. The van der Waals surface area contributed by atoms with Crippen molar-refractivity contribution in [2.75, 3.05) is 11.5 Å². The molecule has 10 heavy (non-hydrogen) atoms. The van der Waals surface area contributed by atoms with Gasteiger partial charge in [0.15, 0.2) is 0 Å². The number of aliphatic hydroxyl groups is 1. The zero-order valence-electron chi connectivity index (χ0n) is 5.41. The highest BCUT2D eigenvalue weighted by molar-refractivity contribution is 7.99. The van der Waals surface area contributed by atoms with Crippen LogP contribution in [0.25, 0.3) is 0 Å². The molecule has 1 saturated heterocycles. The lowest BCUT2D eigenvalue weighted by Gasteiger charge is -2.12. The Bertz CT molecular complexity index is 142. The average molecular weight is 162 g/mol. The Labute approximate surface area is 63.2 Å². The number of primary amides is 1. The molecule has 4 nitrogen and oxygen atoms in total. The molecular weight excluding hydrogens is 152 g/mol. The highest BCUT2D eigenvalue weighted by Gasteiger charge is 2.26. The average Bonchev–Trinajstić information content (AvgIpc) is 2.15. The molecule has 1 aliphatic rings. The lowest BCUT2D eigenvalue weighted by atomic mass is 10.2. The summed E-state index contributed by atoms with van der Waals surface area (Å²) in [6, 6.07) is -0.714. The van der Waals surface area contributed by atoms with Crippen LogP contribution in [0, 0.1) is 0 Å². The number of hydrogen-bond acceptors (Lipinski definition) is 3. The van der Waals surface area contributed by atoms with Crippen molar-refractivity contribution in [2.24, 2.45) is 5.73 Å². The predicted molar refractivity (Wildman–Crippen MR) is 39.8 cm³/mol. The van der Waals surface area contributed by atoms with E-state index in [0.717, 1.165) is 5.75 Å². The SMILES string of the molecule is NC(=O)N[C@@H]1CSC[C@@H]1O. The molecule has 1 rings (SSSR count). The second-order valence-electron chi connectivity index (χ2n) is 2.22. The van der Waals surface area contributed by atoms with Crippen LogP contribution in [-0.4, -0.2) is 34.8 Å². The van der Waals surface area contributed by atoms with Crippen LogP contribution in [0.1, 0.15) is 0 Å². The Balaban J connectivity index is 2.33. The van der Waals surface area contributed by atoms with Crippen LogP contribution < -0.4 is 11.1 Å². The summed E-state index contributed by atoms with van der Waals surface area (Å²) in [4.78, 5) is 10.3. The summed E-state index contributed by atoms with van der Waals surface area (Å²) in [5.41, 5.74) is 4.86. The van der Waals surface area contributed by atoms with Crippen molar-refractivity contribution in [1.29, 1.82) is 0 Å². The van der Waals surface area contributed by atoms with Crippen LogP contribution in [-0.2, 0) is 0 Å². The molecule has 0 aliphatic carbocycles. The normalized spacial score (nSPS) is 32.1. The monoisotopic (exact) mass is 162 g/mol. The van der Waals surface area contributed by atoms with Gasteiger partial charge in [0.1, 0.15) is 0 Å². The topological polar surface area (TPSA) is 75.4 Å². The van der Waals surface area contributed by atoms with E-state index >= 15 is 0 Å². The Kier molecular flexibility index (Phi) is 2.39. The van der Waals surface area contributed by atoms with E-state index in [9.17, 15) is 4.79 Å². The lowest BCUT2D eigenvalue weighted by Crippen LogP contribution is -2.44. The van der Waals surface area contributed by atoms with Gasteiger partial charge in [-0.3, -0.25) is 0 Å². The summed E-state index contributed by atoms with van der Waals surface area (Å²) in [7, 11) is 0. The van der Waals surface area contributed by atoms with E-state index in [1.54, 1.807) is 11.8 Å². The molecule has 0 unspecified atom stereocenters. The van der Waals surface area contributed by atoms with Crippen LogP contribution in [0.5, 0.6) is 0 Å². The molecule has 0 aromatic carbocycles. The first-order valence-corrected chi connectivity index (χ1v) is 4.17. The van der Waals surface area contributed by atoms with Crippen molar-refractivity contribution < 1.29 is 9.90 Å². The lowest BCUT2D eigenvalue weighted by molar-refractivity contribution is 0.167. The van der Waals surface area contributed by atoms with Gasteiger partial charge < -0.3 is 16.2 Å². The molecule has 0 spiro atoms. The maximum atomic E-state index is 10.3. The van der Waals surface area contributed by atoms with Gasteiger partial charge in [-0.25, -0.2) is 4.79 Å². The van der Waals surface area contributed by atoms with Gasteiger partial charge in [0.25, 0.3) is 0 Å². The van der Waals surface area contributed by atoms with Gasteiger partial charge in [0.05, 0.1) is 12.1 Å². The number of nitrogens with one attached hydrogen (secondary N) is 1. The van der Waals surface area contributed by atoms with Crippen molar-refractivity contribution in [1.82, 2.24) is 5.32 Å². The van der Waals surface area contributed by atoms with Gasteiger partial charge in [0, 0.05) is 11.5 Å². The summed E-state index contributed by atoms with van der Waals surface area (Å²) in [6.45, 7) is 0. The van der Waals surface area contributed by atoms with E-state index in [1.807, 2.05) is 0 Å². The molecule has 0 saturated carbocycles. The fourth-order valence-corrected chi connectivity index (χ4v) is 2.03. The van der Waals surface area contributed by atoms with Crippen LogP contribution >= 0.6 is 11.8 Å². The van der Waals surface area contributed by atoms with Gasteiger partial charge in [-0.15, -0.1) is 0 Å². The summed E-state index contributed by atoms with van der Waals surface area (Å²) in [5.74, 6) is 1.44. The fraction of sp³-hybridized carbons (Fsp3) is 0.800. The second-order valence-corrected chi connectivity index (χ2v) is 3.29. The number of rotatable bonds is 1. The molecule has 0 aromatic rings. The van der Waals surface area contributed by atoms with Crippen molar-refractivity contribution in [3.8, 4) is 0 Å². The zero-order valence-corrected chi connectivity index (χ0v) is 6.23. The number of urea groups is 1. The summed E-state index contributed by atoms with van der Waals surface area (Å²) < 4.78 is 0. The molecule has 1 fully saturated rings. The summed E-state index contributed by atoms with van der Waals surface area (Å²) in [5, 5.41) is 11.6. The third-order valence-corrected chi connectivity index (χ3v) is 2.55. The first-order chi connectivity index (χ1) is 4.70. The van der Waals surface area contributed by atoms with E-state index in [1.165, 1.54) is 0 Å². The summed E-state index contributed by atoms with van der Waals surface area (Å²) in [6.07, 6.45) is -0.433. The zero-order chi connectivity index (χ0) is 7.56. The maximum Gasteiger partial charge on any atom is 0.312 e. The molecule has 0 aromatic heterocycles. The number of nitrogens with two attached hydrogens (primary N) is 1. The number of carbonyl (C=O) groups is 1. The predicted octanol–water partition coefficient (Wildman–Crippen LogP) is -0.869. The number of aliphatic hydroxyl groups excluding tert-OH is 1. The largest absolute Gasteiger partial charge is 0.390 e. The van der Waals surface area contributed by atoms with E-state index in [-0.39, 0.29) is 6.04 Å². The second kappa shape index (κ2) is 3.12. The van der Waals surface area contributed by atoms with Gasteiger partial charge in [-0.05, 0) is 0 Å². The maximum absolute atomic E-state index is 10.3. The van der Waals surface area contributed by atoms with E-state index in [2.05, 4.69) is 5.32 Å². The van der Waals surface area contributed by atoms with Gasteiger partial charge in [0.2, 0.25) is 0 Å². The first kappa shape index (κ1) is 7.68. The minimum Gasteiger partial charge on any atom is -0.390 e. The Morgan fingerprint density at radius 1 is 1.70 bits per heavy atom. The molecule has 4 N–H and O–H groups in total. The quantitative estimate of drug-likeness (QED) is 0.469. The van der Waals surface area contributed by atoms with Crippen LogP contribution in [0.3, 0.4) is 0 Å². The van der Waals surface area contributed by atoms with Gasteiger partial charge in [-0.1, -0.05) is 0 Å². The minimum absolute atomic E-state index is 0.150. The van der Waals surface area contributed by atoms with Crippen molar-refractivity contribution >= 4 is 17.8 Å². The Morgan fingerprint density at radius 3 is 2.80 bits per heavy atom. The highest BCUT2D eigenvalue weighted by atomic mass is 32.2. The third kappa shape index (κ3) is 1.78. The molecule has 58 valence electrons. The summed E-state index contributed by atoms with van der Waals surface area (Å²) >= 11 is 1.61. The van der Waals surface area contributed by atoms with Gasteiger partial charge >= 0.3 is 6.03 Å². The molecule has 5 heteroatoms. The molecule has 0 radical (unpaired) electrons. The molecular formula is C5H10N2O2S. The van der Waals surface area contributed by atoms with Crippen LogP contribution in [0.2, 0.25) is 0 Å². The highest BCUT2D eigenvalue weighted by Crippen LogP contribution is 2.17. The minimum atomic E-state index is -0.563. The van der Waals surface area contributed by atoms with Crippen LogP contribution in [0.15, 0.2) is 0 Å².